The maximum Gasteiger partial charge on any atom is 0.153 e. The van der Waals surface area contributed by atoms with Gasteiger partial charge in [-0.05, 0) is 43.5 Å². The van der Waals surface area contributed by atoms with E-state index in [0.717, 1.165) is 28.0 Å². The molecule has 2 aromatic rings. The fourth-order valence-electron chi connectivity index (χ4n) is 2.09. The molecule has 0 unspecified atom stereocenters. The molecule has 5 nitrogen and oxygen atoms in total. The number of methoxy groups -OCH3 is 1. The summed E-state index contributed by atoms with van der Waals surface area (Å²) >= 11 is 0. The van der Waals surface area contributed by atoms with Gasteiger partial charge in [-0.25, -0.2) is 4.98 Å². The van der Waals surface area contributed by atoms with E-state index in [1.807, 2.05) is 26.8 Å². The second kappa shape index (κ2) is 4.60. The van der Waals surface area contributed by atoms with Crippen LogP contribution in [0.1, 0.15) is 16.7 Å². The van der Waals surface area contributed by atoms with Crippen molar-refractivity contribution in [3.63, 3.8) is 0 Å². The van der Waals surface area contributed by atoms with Crippen LogP contribution in [0.15, 0.2) is 12.4 Å². The Morgan fingerprint density at radius 2 is 1.89 bits per heavy atom. The number of hydrogen-bond donors (Lipinski definition) is 1. The molecule has 2 rings (SSSR count). The molecule has 2 N–H and O–H groups in total. The number of nitrogens with two attached hydrogens (primary N) is 1. The lowest BCUT2D eigenvalue weighted by Gasteiger charge is -2.15. The van der Waals surface area contributed by atoms with Crippen LogP contribution in [-0.2, 0) is 0 Å². The first-order valence-corrected chi connectivity index (χ1v) is 5.64. The minimum Gasteiger partial charge on any atom is -0.496 e. The van der Waals surface area contributed by atoms with E-state index in [1.54, 1.807) is 7.11 Å². The molecule has 0 bridgehead atoms. The molecular formula is C13H16N4O. The predicted molar refractivity (Wildman–Crippen MR) is 70.4 cm³/mol. The van der Waals surface area contributed by atoms with Crippen molar-refractivity contribution in [2.45, 2.75) is 20.8 Å². The van der Waals surface area contributed by atoms with Gasteiger partial charge in [0.25, 0.3) is 0 Å². The van der Waals surface area contributed by atoms with Crippen molar-refractivity contribution in [2.75, 3.05) is 12.8 Å². The van der Waals surface area contributed by atoms with Gasteiger partial charge in [0.1, 0.15) is 17.8 Å². The zero-order valence-corrected chi connectivity index (χ0v) is 11.0. The van der Waals surface area contributed by atoms with Crippen LogP contribution < -0.4 is 10.5 Å². The molecule has 1 heterocycles. The normalized spacial score (nSPS) is 10.4. The molecule has 0 atom stereocenters. The van der Waals surface area contributed by atoms with E-state index in [1.165, 1.54) is 6.33 Å². The zero-order chi connectivity index (χ0) is 13.3. The van der Waals surface area contributed by atoms with E-state index < -0.39 is 0 Å². The summed E-state index contributed by atoms with van der Waals surface area (Å²) < 4.78 is 5.39. The Bertz CT molecular complexity index is 596. The van der Waals surface area contributed by atoms with Crippen LogP contribution in [0, 0.1) is 20.8 Å². The molecule has 18 heavy (non-hydrogen) atoms. The predicted octanol–water partition coefficient (Wildman–Crippen LogP) is 2.05. The first-order chi connectivity index (χ1) is 8.56. The molecule has 0 aliphatic heterocycles. The van der Waals surface area contributed by atoms with Crippen LogP contribution in [0.25, 0.3) is 11.3 Å². The highest BCUT2D eigenvalue weighted by atomic mass is 16.5. The Balaban J connectivity index is 2.71. The summed E-state index contributed by atoms with van der Waals surface area (Å²) in [5.74, 6) is 1.28. The lowest BCUT2D eigenvalue weighted by atomic mass is 9.96. The van der Waals surface area contributed by atoms with Gasteiger partial charge < -0.3 is 10.5 Å². The SMILES string of the molecule is COc1c(C)cc(-c2nncnc2N)c(C)c1C. The monoisotopic (exact) mass is 244 g/mol. The third-order valence-corrected chi connectivity index (χ3v) is 3.13. The summed E-state index contributed by atoms with van der Waals surface area (Å²) in [4.78, 5) is 3.97. The van der Waals surface area contributed by atoms with Gasteiger partial charge in [-0.3, -0.25) is 0 Å². The van der Waals surface area contributed by atoms with E-state index in [-0.39, 0.29) is 0 Å². The Labute approximate surface area is 106 Å². The van der Waals surface area contributed by atoms with Gasteiger partial charge in [0, 0.05) is 5.56 Å². The second-order valence-electron chi connectivity index (χ2n) is 4.22. The summed E-state index contributed by atoms with van der Waals surface area (Å²) in [5, 5.41) is 7.86. The van der Waals surface area contributed by atoms with Crippen LogP contribution in [0.2, 0.25) is 0 Å². The third kappa shape index (κ3) is 1.88. The number of nitrogen functional groups attached to an aromatic ring is 1. The number of anilines is 1. The smallest absolute Gasteiger partial charge is 0.153 e. The molecule has 94 valence electrons. The molecule has 0 saturated heterocycles. The third-order valence-electron chi connectivity index (χ3n) is 3.13. The Morgan fingerprint density at radius 3 is 2.50 bits per heavy atom. The number of rotatable bonds is 2. The Kier molecular flexibility index (Phi) is 3.14. The molecule has 0 aliphatic rings. The van der Waals surface area contributed by atoms with Crippen molar-refractivity contribution in [3.05, 3.63) is 29.1 Å². The average Bonchev–Trinajstić information content (AvgIpc) is 2.35. The minimum absolute atomic E-state index is 0.386. The molecule has 0 aliphatic carbocycles. The minimum atomic E-state index is 0.386. The molecular weight excluding hydrogens is 228 g/mol. The molecule has 0 saturated carbocycles. The molecule has 0 fully saturated rings. The van der Waals surface area contributed by atoms with E-state index in [2.05, 4.69) is 15.2 Å². The summed E-state index contributed by atoms with van der Waals surface area (Å²) in [6, 6.07) is 2.00. The topological polar surface area (TPSA) is 73.9 Å². The number of aryl methyl sites for hydroxylation is 1. The number of aromatic nitrogens is 3. The summed E-state index contributed by atoms with van der Waals surface area (Å²) in [7, 11) is 1.67. The van der Waals surface area contributed by atoms with Gasteiger partial charge in [-0.15, -0.1) is 10.2 Å². The van der Waals surface area contributed by atoms with Gasteiger partial charge in [-0.1, -0.05) is 0 Å². The van der Waals surface area contributed by atoms with Crippen LogP contribution in [0.5, 0.6) is 5.75 Å². The van der Waals surface area contributed by atoms with Crippen LogP contribution >= 0.6 is 0 Å². The Morgan fingerprint density at radius 1 is 1.17 bits per heavy atom. The summed E-state index contributed by atoms with van der Waals surface area (Å²) in [5.41, 5.74) is 10.6. The zero-order valence-electron chi connectivity index (χ0n) is 11.0. The first-order valence-electron chi connectivity index (χ1n) is 5.64. The van der Waals surface area contributed by atoms with Crippen molar-refractivity contribution >= 4 is 5.82 Å². The number of hydrogen-bond acceptors (Lipinski definition) is 5. The highest BCUT2D eigenvalue weighted by molar-refractivity contribution is 5.75. The molecule has 0 amide bonds. The lowest BCUT2D eigenvalue weighted by molar-refractivity contribution is 0.408. The fourth-order valence-corrected chi connectivity index (χ4v) is 2.09. The molecule has 0 radical (unpaired) electrons. The van der Waals surface area contributed by atoms with Crippen molar-refractivity contribution in [1.82, 2.24) is 15.2 Å². The summed E-state index contributed by atoms with van der Waals surface area (Å²) in [6.45, 7) is 6.03. The van der Waals surface area contributed by atoms with Crippen molar-refractivity contribution < 1.29 is 4.74 Å². The van der Waals surface area contributed by atoms with Gasteiger partial charge in [0.15, 0.2) is 5.82 Å². The van der Waals surface area contributed by atoms with E-state index in [9.17, 15) is 0 Å². The quantitative estimate of drug-likeness (QED) is 0.875. The number of nitrogens with zero attached hydrogens (tertiary/aromatic N) is 3. The first kappa shape index (κ1) is 12.3. The fraction of sp³-hybridized carbons (Fsp3) is 0.308. The maximum atomic E-state index is 5.85. The molecule has 5 heteroatoms. The van der Waals surface area contributed by atoms with E-state index >= 15 is 0 Å². The van der Waals surface area contributed by atoms with Gasteiger partial charge in [0.05, 0.1) is 7.11 Å². The maximum absolute atomic E-state index is 5.85. The Hall–Kier alpha value is -2.17. The highest BCUT2D eigenvalue weighted by Gasteiger charge is 2.15. The summed E-state index contributed by atoms with van der Waals surface area (Å²) in [6.07, 6.45) is 1.34. The molecule has 1 aromatic heterocycles. The highest BCUT2D eigenvalue weighted by Crippen LogP contribution is 2.34. The van der Waals surface area contributed by atoms with Crippen LogP contribution in [0.4, 0.5) is 5.82 Å². The largest absolute Gasteiger partial charge is 0.496 e. The molecule has 0 spiro atoms. The standard InChI is InChI=1S/C13H16N4O/c1-7-5-10(8(2)9(3)12(7)18-4)11-13(14)15-6-16-17-11/h5-6H,1-4H3,(H2,14,15,16). The lowest BCUT2D eigenvalue weighted by Crippen LogP contribution is -2.02. The van der Waals surface area contributed by atoms with Gasteiger partial charge >= 0.3 is 0 Å². The molecule has 1 aromatic carbocycles. The van der Waals surface area contributed by atoms with Crippen LogP contribution in [-0.4, -0.2) is 22.3 Å². The van der Waals surface area contributed by atoms with Crippen molar-refractivity contribution in [2.24, 2.45) is 0 Å². The number of benzene rings is 1. The van der Waals surface area contributed by atoms with E-state index in [0.29, 0.717) is 11.5 Å². The number of ether oxygens (including phenoxy) is 1. The second-order valence-corrected chi connectivity index (χ2v) is 4.22. The average molecular weight is 244 g/mol. The van der Waals surface area contributed by atoms with Crippen molar-refractivity contribution in [1.29, 1.82) is 0 Å². The van der Waals surface area contributed by atoms with E-state index in [4.69, 9.17) is 10.5 Å². The van der Waals surface area contributed by atoms with Crippen molar-refractivity contribution in [3.8, 4) is 17.0 Å². The van der Waals surface area contributed by atoms with Gasteiger partial charge in [0.2, 0.25) is 0 Å². The van der Waals surface area contributed by atoms with Gasteiger partial charge in [-0.2, -0.15) is 0 Å². The van der Waals surface area contributed by atoms with Crippen LogP contribution in [0.3, 0.4) is 0 Å².